The highest BCUT2D eigenvalue weighted by Crippen LogP contribution is 2.18. The lowest BCUT2D eigenvalue weighted by Crippen LogP contribution is -2.49. The molecule has 1 aliphatic rings. The fourth-order valence-electron chi connectivity index (χ4n) is 3.06. The van der Waals surface area contributed by atoms with Gasteiger partial charge in [0, 0.05) is 26.2 Å². The summed E-state index contributed by atoms with van der Waals surface area (Å²) in [6, 6.07) is 9.28. The van der Waals surface area contributed by atoms with E-state index in [4.69, 9.17) is 0 Å². The summed E-state index contributed by atoms with van der Waals surface area (Å²) < 4.78 is 41.5. The van der Waals surface area contributed by atoms with Crippen molar-refractivity contribution in [1.29, 1.82) is 0 Å². The number of aromatic nitrogens is 5. The number of benzene rings is 1. The van der Waals surface area contributed by atoms with Gasteiger partial charge < -0.3 is 4.90 Å². The van der Waals surface area contributed by atoms with Gasteiger partial charge in [-0.1, -0.05) is 12.1 Å². The van der Waals surface area contributed by atoms with Crippen LogP contribution in [0.2, 0.25) is 0 Å². The van der Waals surface area contributed by atoms with Crippen LogP contribution in [0.1, 0.15) is 5.56 Å². The van der Waals surface area contributed by atoms with E-state index >= 15 is 0 Å². The van der Waals surface area contributed by atoms with Crippen LogP contribution in [0, 0.1) is 5.82 Å². The zero-order valence-electron chi connectivity index (χ0n) is 14.9. The summed E-state index contributed by atoms with van der Waals surface area (Å²) in [6.07, 6.45) is 2.95. The van der Waals surface area contributed by atoms with Gasteiger partial charge in [-0.25, -0.2) is 22.5 Å². The smallest absolute Gasteiger partial charge is 0.218 e. The lowest BCUT2D eigenvalue weighted by molar-refractivity contribution is 0.383. The molecule has 0 aliphatic carbocycles. The Morgan fingerprint density at radius 1 is 1.00 bits per heavy atom. The summed E-state index contributed by atoms with van der Waals surface area (Å²) >= 11 is 0. The van der Waals surface area contributed by atoms with Gasteiger partial charge in [0.1, 0.15) is 18.5 Å². The number of anilines is 1. The number of hydrogen-bond acceptors (Lipinski definition) is 7. The summed E-state index contributed by atoms with van der Waals surface area (Å²) in [5, 5.41) is 12.3. The zero-order chi connectivity index (χ0) is 19.6. The number of nitrogens with zero attached hydrogens (tertiary/aromatic N) is 7. The predicted molar refractivity (Wildman–Crippen MR) is 99.8 cm³/mol. The monoisotopic (exact) mass is 403 g/mol. The average molecular weight is 403 g/mol. The second kappa shape index (κ2) is 7.60. The van der Waals surface area contributed by atoms with Gasteiger partial charge in [0.15, 0.2) is 11.6 Å². The van der Waals surface area contributed by atoms with E-state index in [1.807, 2.05) is 11.0 Å². The van der Waals surface area contributed by atoms with E-state index in [-0.39, 0.29) is 5.75 Å². The van der Waals surface area contributed by atoms with Gasteiger partial charge in [0.05, 0.1) is 5.75 Å². The first-order valence-electron chi connectivity index (χ1n) is 8.67. The van der Waals surface area contributed by atoms with Crippen LogP contribution in [0.3, 0.4) is 0 Å². The van der Waals surface area contributed by atoms with Crippen molar-refractivity contribution in [2.75, 3.05) is 31.1 Å². The SMILES string of the molecule is O=S(=O)(Cc1cccc(F)c1)N1CCN(c2ccc(-n3cncn3)nn2)CC1. The van der Waals surface area contributed by atoms with Crippen LogP contribution >= 0.6 is 0 Å². The van der Waals surface area contributed by atoms with E-state index in [0.717, 1.165) is 0 Å². The van der Waals surface area contributed by atoms with Crippen molar-refractivity contribution in [3.8, 4) is 5.82 Å². The molecule has 0 radical (unpaired) electrons. The molecule has 9 nitrogen and oxygen atoms in total. The van der Waals surface area contributed by atoms with Crippen LogP contribution in [0.25, 0.3) is 5.82 Å². The van der Waals surface area contributed by atoms with Crippen molar-refractivity contribution >= 4 is 15.8 Å². The van der Waals surface area contributed by atoms with Crippen LogP contribution in [0.4, 0.5) is 10.2 Å². The van der Waals surface area contributed by atoms with Gasteiger partial charge >= 0.3 is 0 Å². The zero-order valence-corrected chi connectivity index (χ0v) is 15.7. The molecule has 28 heavy (non-hydrogen) atoms. The molecule has 0 atom stereocenters. The molecule has 1 saturated heterocycles. The summed E-state index contributed by atoms with van der Waals surface area (Å²) in [4.78, 5) is 5.85. The van der Waals surface area contributed by atoms with E-state index < -0.39 is 15.8 Å². The van der Waals surface area contributed by atoms with Gasteiger partial charge in [-0.2, -0.15) is 9.40 Å². The van der Waals surface area contributed by atoms with Gasteiger partial charge in [-0.3, -0.25) is 0 Å². The van der Waals surface area contributed by atoms with Gasteiger partial charge in [-0.15, -0.1) is 10.2 Å². The second-order valence-corrected chi connectivity index (χ2v) is 8.33. The molecular weight excluding hydrogens is 385 g/mol. The van der Waals surface area contributed by atoms with Crippen LogP contribution in [-0.4, -0.2) is 63.9 Å². The lowest BCUT2D eigenvalue weighted by Gasteiger charge is -2.34. The molecule has 0 amide bonds. The van der Waals surface area contributed by atoms with E-state index in [1.54, 1.807) is 12.1 Å². The highest BCUT2D eigenvalue weighted by Gasteiger charge is 2.27. The number of rotatable bonds is 5. The largest absolute Gasteiger partial charge is 0.352 e. The van der Waals surface area contributed by atoms with E-state index in [0.29, 0.717) is 43.4 Å². The number of piperazine rings is 1. The summed E-state index contributed by atoms with van der Waals surface area (Å²) in [7, 11) is -3.51. The molecule has 0 spiro atoms. The minimum Gasteiger partial charge on any atom is -0.352 e. The van der Waals surface area contributed by atoms with Gasteiger partial charge in [-0.05, 0) is 29.8 Å². The van der Waals surface area contributed by atoms with Crippen LogP contribution in [-0.2, 0) is 15.8 Å². The molecule has 11 heteroatoms. The van der Waals surface area contributed by atoms with E-state index in [2.05, 4.69) is 20.3 Å². The maximum Gasteiger partial charge on any atom is 0.218 e. The maximum absolute atomic E-state index is 13.3. The molecule has 1 aliphatic heterocycles. The Balaban J connectivity index is 1.38. The standard InChI is InChI=1S/C17H18FN7O2S/c18-15-3-1-2-14(10-15)11-28(26,27)24-8-6-23(7-9-24)16-4-5-17(22-21-16)25-13-19-12-20-25/h1-5,10,12-13H,6-9,11H2. The van der Waals surface area contributed by atoms with Crippen molar-refractivity contribution in [3.05, 3.63) is 60.4 Å². The highest BCUT2D eigenvalue weighted by atomic mass is 32.2. The molecule has 3 heterocycles. The van der Waals surface area contributed by atoms with Gasteiger partial charge in [0.25, 0.3) is 0 Å². The van der Waals surface area contributed by atoms with Crippen molar-refractivity contribution in [2.45, 2.75) is 5.75 Å². The van der Waals surface area contributed by atoms with E-state index in [1.165, 1.54) is 39.8 Å². The predicted octanol–water partition coefficient (Wildman–Crippen LogP) is 0.848. The number of sulfonamides is 1. The van der Waals surface area contributed by atoms with Crippen LogP contribution < -0.4 is 4.90 Å². The Morgan fingerprint density at radius 3 is 2.39 bits per heavy atom. The van der Waals surface area contributed by atoms with Crippen molar-refractivity contribution in [1.82, 2.24) is 29.3 Å². The van der Waals surface area contributed by atoms with Crippen molar-refractivity contribution in [3.63, 3.8) is 0 Å². The first-order valence-corrected chi connectivity index (χ1v) is 10.3. The Kier molecular flexibility index (Phi) is 5.01. The highest BCUT2D eigenvalue weighted by molar-refractivity contribution is 7.88. The Bertz CT molecular complexity index is 1030. The molecule has 0 bridgehead atoms. The quantitative estimate of drug-likeness (QED) is 0.623. The summed E-state index contributed by atoms with van der Waals surface area (Å²) in [5.74, 6) is 0.575. The lowest BCUT2D eigenvalue weighted by atomic mass is 10.2. The minimum absolute atomic E-state index is 0.211. The van der Waals surface area contributed by atoms with Crippen LogP contribution in [0.15, 0.2) is 49.1 Å². The Hall–Kier alpha value is -2.92. The summed E-state index contributed by atoms with van der Waals surface area (Å²) in [5.41, 5.74) is 0.442. The topological polar surface area (TPSA) is 97.1 Å². The molecule has 1 aromatic carbocycles. The molecule has 0 unspecified atom stereocenters. The second-order valence-electron chi connectivity index (χ2n) is 6.36. The molecule has 1 fully saturated rings. The first kappa shape index (κ1) is 18.4. The molecule has 0 N–H and O–H groups in total. The molecule has 3 aromatic rings. The van der Waals surface area contributed by atoms with Gasteiger partial charge in [0.2, 0.25) is 10.0 Å². The third-order valence-corrected chi connectivity index (χ3v) is 6.33. The fourth-order valence-corrected chi connectivity index (χ4v) is 4.56. The normalized spacial score (nSPS) is 15.7. The third kappa shape index (κ3) is 3.99. The average Bonchev–Trinajstić information content (AvgIpc) is 3.23. The van der Waals surface area contributed by atoms with Crippen LogP contribution in [0.5, 0.6) is 0 Å². The molecular formula is C17H18FN7O2S. The number of hydrogen-bond donors (Lipinski definition) is 0. The summed E-state index contributed by atoms with van der Waals surface area (Å²) in [6.45, 7) is 1.67. The molecule has 4 rings (SSSR count). The van der Waals surface area contributed by atoms with E-state index in [9.17, 15) is 12.8 Å². The Labute approximate surface area is 161 Å². The first-order chi connectivity index (χ1) is 13.5. The van der Waals surface area contributed by atoms with Crippen molar-refractivity contribution < 1.29 is 12.8 Å². The van der Waals surface area contributed by atoms with Crippen molar-refractivity contribution in [2.24, 2.45) is 0 Å². The fraction of sp³-hybridized carbons (Fsp3) is 0.294. The molecule has 146 valence electrons. The minimum atomic E-state index is -3.51. The molecule has 2 aromatic heterocycles. The molecule has 0 saturated carbocycles. The Morgan fingerprint density at radius 2 is 1.75 bits per heavy atom. The maximum atomic E-state index is 13.3. The third-order valence-electron chi connectivity index (χ3n) is 4.48. The number of halogens is 1.